The van der Waals surface area contributed by atoms with Gasteiger partial charge in [0, 0.05) is 5.88 Å². The summed E-state index contributed by atoms with van der Waals surface area (Å²) in [5, 5.41) is 0.575. The number of benzene rings is 1. The number of ether oxygens (including phenoxy) is 2. The van der Waals surface area contributed by atoms with E-state index in [0.29, 0.717) is 35.6 Å². The first-order valence-electron chi connectivity index (χ1n) is 5.03. The lowest BCUT2D eigenvalue weighted by Gasteiger charge is -2.19. The van der Waals surface area contributed by atoms with Gasteiger partial charge in [0.15, 0.2) is 11.5 Å². The molecule has 0 saturated carbocycles. The van der Waals surface area contributed by atoms with E-state index >= 15 is 0 Å². The van der Waals surface area contributed by atoms with E-state index in [-0.39, 0.29) is 0 Å². The predicted octanol–water partition coefficient (Wildman–Crippen LogP) is 3.75. The Bertz CT molecular complexity index is 427. The smallest absolute Gasteiger partial charge is 0.179 e. The second-order valence-electron chi connectivity index (χ2n) is 3.65. The number of halogens is 2. The standard InChI is InChI=1S/C12H12Cl2O2/c1-8(7-13)4-9-5-10(14)12-11(6-9)15-2-3-16-12/h4-6H,2-3,7H2,1H3. The summed E-state index contributed by atoms with van der Waals surface area (Å²) in [4.78, 5) is 0. The Morgan fingerprint density at radius 1 is 1.38 bits per heavy atom. The fourth-order valence-corrected chi connectivity index (χ4v) is 1.89. The van der Waals surface area contributed by atoms with Gasteiger partial charge in [0.05, 0.1) is 5.02 Å². The van der Waals surface area contributed by atoms with Crippen LogP contribution >= 0.6 is 23.2 Å². The van der Waals surface area contributed by atoms with Gasteiger partial charge in [-0.3, -0.25) is 0 Å². The molecule has 1 aliphatic rings. The van der Waals surface area contributed by atoms with Crippen LogP contribution in [0.15, 0.2) is 17.7 Å². The Balaban J connectivity index is 2.39. The molecule has 4 heteroatoms. The summed E-state index contributed by atoms with van der Waals surface area (Å²) in [5.74, 6) is 1.84. The third-order valence-electron chi connectivity index (χ3n) is 2.24. The van der Waals surface area contributed by atoms with E-state index in [2.05, 4.69) is 0 Å². The summed E-state index contributed by atoms with van der Waals surface area (Å²) >= 11 is 11.8. The van der Waals surface area contributed by atoms with Crippen LogP contribution in [0.1, 0.15) is 12.5 Å². The Hall–Kier alpha value is -0.860. The maximum absolute atomic E-state index is 6.11. The molecular formula is C12H12Cl2O2. The van der Waals surface area contributed by atoms with Crippen molar-refractivity contribution in [3.05, 3.63) is 28.3 Å². The van der Waals surface area contributed by atoms with Crippen molar-refractivity contribution in [1.29, 1.82) is 0 Å². The van der Waals surface area contributed by atoms with E-state index in [1.54, 1.807) is 0 Å². The minimum atomic E-state index is 0.506. The topological polar surface area (TPSA) is 18.5 Å². The lowest BCUT2D eigenvalue weighted by Crippen LogP contribution is -2.15. The van der Waals surface area contributed by atoms with Crippen molar-refractivity contribution in [2.45, 2.75) is 6.92 Å². The molecule has 0 saturated heterocycles. The second-order valence-corrected chi connectivity index (χ2v) is 4.33. The SMILES string of the molecule is CC(=Cc1cc(Cl)c2c(c1)OCCO2)CCl. The zero-order valence-electron chi connectivity index (χ0n) is 8.93. The van der Waals surface area contributed by atoms with Crippen LogP contribution in [0.4, 0.5) is 0 Å². The zero-order chi connectivity index (χ0) is 11.5. The Morgan fingerprint density at radius 3 is 2.88 bits per heavy atom. The first-order chi connectivity index (χ1) is 7.70. The number of hydrogen-bond acceptors (Lipinski definition) is 2. The van der Waals surface area contributed by atoms with Crippen LogP contribution in [0.3, 0.4) is 0 Å². The average Bonchev–Trinajstić information content (AvgIpc) is 2.29. The molecule has 0 N–H and O–H groups in total. The van der Waals surface area contributed by atoms with E-state index in [9.17, 15) is 0 Å². The highest BCUT2D eigenvalue weighted by molar-refractivity contribution is 6.32. The van der Waals surface area contributed by atoms with Crippen LogP contribution in [0, 0.1) is 0 Å². The Morgan fingerprint density at radius 2 is 2.12 bits per heavy atom. The van der Waals surface area contributed by atoms with Crippen LogP contribution in [0.2, 0.25) is 5.02 Å². The lowest BCUT2D eigenvalue weighted by molar-refractivity contribution is 0.171. The minimum absolute atomic E-state index is 0.506. The molecule has 0 spiro atoms. The molecule has 0 aromatic heterocycles. The minimum Gasteiger partial charge on any atom is -0.486 e. The molecule has 1 heterocycles. The molecule has 0 bridgehead atoms. The molecule has 0 radical (unpaired) electrons. The number of hydrogen-bond donors (Lipinski definition) is 0. The third kappa shape index (κ3) is 2.45. The van der Waals surface area contributed by atoms with Crippen LogP contribution in [0.25, 0.3) is 6.08 Å². The van der Waals surface area contributed by atoms with Crippen molar-refractivity contribution in [2.75, 3.05) is 19.1 Å². The number of rotatable bonds is 2. The van der Waals surface area contributed by atoms with Crippen LogP contribution < -0.4 is 9.47 Å². The van der Waals surface area contributed by atoms with Crippen LogP contribution in [-0.4, -0.2) is 19.1 Å². The van der Waals surface area contributed by atoms with E-state index in [0.717, 1.165) is 11.1 Å². The van der Waals surface area contributed by atoms with Crippen molar-refractivity contribution in [2.24, 2.45) is 0 Å². The van der Waals surface area contributed by atoms with Gasteiger partial charge in [-0.2, -0.15) is 0 Å². The van der Waals surface area contributed by atoms with Gasteiger partial charge < -0.3 is 9.47 Å². The summed E-state index contributed by atoms with van der Waals surface area (Å²) < 4.78 is 10.9. The van der Waals surface area contributed by atoms with Crippen LogP contribution in [-0.2, 0) is 0 Å². The van der Waals surface area contributed by atoms with E-state index in [1.807, 2.05) is 25.1 Å². The maximum atomic E-state index is 6.11. The average molecular weight is 259 g/mol. The fraction of sp³-hybridized carbons (Fsp3) is 0.333. The first kappa shape index (κ1) is 11.6. The predicted molar refractivity (Wildman–Crippen MR) is 66.8 cm³/mol. The van der Waals surface area contributed by atoms with Gasteiger partial charge in [0.1, 0.15) is 13.2 Å². The molecule has 1 aromatic carbocycles. The molecule has 2 nitrogen and oxygen atoms in total. The summed E-state index contributed by atoms with van der Waals surface area (Å²) in [6, 6.07) is 3.77. The van der Waals surface area contributed by atoms with Crippen molar-refractivity contribution in [3.8, 4) is 11.5 Å². The molecule has 0 unspecified atom stereocenters. The molecule has 0 amide bonds. The molecule has 1 aliphatic heterocycles. The monoisotopic (exact) mass is 258 g/mol. The van der Waals surface area contributed by atoms with Crippen LogP contribution in [0.5, 0.6) is 11.5 Å². The summed E-state index contributed by atoms with van der Waals surface area (Å²) in [5.41, 5.74) is 2.06. The molecular weight excluding hydrogens is 247 g/mol. The summed E-state index contributed by atoms with van der Waals surface area (Å²) in [6.07, 6.45) is 1.98. The Kier molecular flexibility index (Phi) is 3.62. The van der Waals surface area contributed by atoms with Crippen molar-refractivity contribution < 1.29 is 9.47 Å². The summed E-state index contributed by atoms with van der Waals surface area (Å²) in [7, 11) is 0. The molecule has 0 atom stereocenters. The number of fused-ring (bicyclic) bond motifs is 1. The second kappa shape index (κ2) is 4.98. The quantitative estimate of drug-likeness (QED) is 0.753. The van der Waals surface area contributed by atoms with Gasteiger partial charge in [-0.25, -0.2) is 0 Å². The van der Waals surface area contributed by atoms with E-state index < -0.39 is 0 Å². The van der Waals surface area contributed by atoms with Gasteiger partial charge in [0.25, 0.3) is 0 Å². The van der Waals surface area contributed by atoms with Crippen molar-refractivity contribution in [1.82, 2.24) is 0 Å². The van der Waals surface area contributed by atoms with E-state index in [1.165, 1.54) is 0 Å². The normalized spacial score (nSPS) is 15.1. The fourth-order valence-electron chi connectivity index (χ4n) is 1.54. The highest BCUT2D eigenvalue weighted by Gasteiger charge is 2.15. The molecule has 2 rings (SSSR count). The van der Waals surface area contributed by atoms with Gasteiger partial charge >= 0.3 is 0 Å². The van der Waals surface area contributed by atoms with Gasteiger partial charge in [-0.05, 0) is 24.6 Å². The van der Waals surface area contributed by atoms with Gasteiger partial charge in [-0.15, -0.1) is 11.6 Å². The van der Waals surface area contributed by atoms with Crippen molar-refractivity contribution in [3.63, 3.8) is 0 Å². The van der Waals surface area contributed by atoms with Crippen molar-refractivity contribution >= 4 is 29.3 Å². The number of alkyl halides is 1. The molecule has 0 aliphatic carbocycles. The summed E-state index contributed by atoms with van der Waals surface area (Å²) in [6.45, 7) is 3.07. The molecule has 1 aromatic rings. The molecule has 16 heavy (non-hydrogen) atoms. The van der Waals surface area contributed by atoms with E-state index in [4.69, 9.17) is 32.7 Å². The highest BCUT2D eigenvalue weighted by atomic mass is 35.5. The maximum Gasteiger partial charge on any atom is 0.179 e. The highest BCUT2D eigenvalue weighted by Crippen LogP contribution is 2.38. The lowest BCUT2D eigenvalue weighted by atomic mass is 10.1. The molecule has 0 fully saturated rings. The van der Waals surface area contributed by atoms with Gasteiger partial charge in [-0.1, -0.05) is 23.3 Å². The van der Waals surface area contributed by atoms with Gasteiger partial charge in [0.2, 0.25) is 0 Å². The number of allylic oxidation sites excluding steroid dienone is 1. The zero-order valence-corrected chi connectivity index (χ0v) is 10.4. The first-order valence-corrected chi connectivity index (χ1v) is 5.94. The largest absolute Gasteiger partial charge is 0.486 e. The third-order valence-corrected chi connectivity index (χ3v) is 2.95. The Labute approximate surface area is 105 Å². The molecule has 86 valence electrons.